The third-order valence-electron chi connectivity index (χ3n) is 3.38. The van der Waals surface area contributed by atoms with Gasteiger partial charge in [-0.15, -0.1) is 0 Å². The molecule has 22 heavy (non-hydrogen) atoms. The molecular weight excluding hydrogens is 322 g/mol. The number of nitrogens with zero attached hydrogens (tertiary/aromatic N) is 1. The number of thiocarbonyl (C=S) groups is 1. The number of aryl methyl sites for hydroxylation is 1. The van der Waals surface area contributed by atoms with Crippen molar-refractivity contribution in [3.05, 3.63) is 33.7 Å². The number of thioether (sulfide) groups is 1. The fourth-order valence-corrected chi connectivity index (χ4v) is 3.31. The summed E-state index contributed by atoms with van der Waals surface area (Å²) in [6.45, 7) is 3.76. The summed E-state index contributed by atoms with van der Waals surface area (Å²) in [7, 11) is 0. The van der Waals surface area contributed by atoms with Crippen LogP contribution in [0.25, 0.3) is 6.08 Å². The van der Waals surface area contributed by atoms with Crippen LogP contribution in [0.1, 0.15) is 23.1 Å². The predicted octanol–water partition coefficient (Wildman–Crippen LogP) is 2.68. The number of rotatable bonds is 4. The monoisotopic (exact) mass is 337 g/mol. The van der Waals surface area contributed by atoms with E-state index in [1.54, 1.807) is 12.1 Å². The summed E-state index contributed by atoms with van der Waals surface area (Å²) in [6, 6.07) is 3.46. The Morgan fingerprint density at radius 2 is 2.09 bits per heavy atom. The number of carbonyl (C=O) groups is 2. The highest BCUT2D eigenvalue weighted by Crippen LogP contribution is 2.33. The number of hydrogen-bond donors (Lipinski definition) is 2. The van der Waals surface area contributed by atoms with Crippen molar-refractivity contribution in [1.82, 2.24) is 4.90 Å². The number of amides is 1. The molecule has 1 aromatic rings. The second-order valence-electron chi connectivity index (χ2n) is 4.96. The van der Waals surface area contributed by atoms with E-state index in [1.165, 1.54) is 4.90 Å². The number of carbonyl (C=O) groups excluding carboxylic acids is 1. The minimum absolute atomic E-state index is 0.0650. The molecule has 0 radical (unpaired) electrons. The van der Waals surface area contributed by atoms with E-state index < -0.39 is 5.97 Å². The van der Waals surface area contributed by atoms with Crippen molar-refractivity contribution in [3.8, 4) is 5.75 Å². The highest BCUT2D eigenvalue weighted by molar-refractivity contribution is 8.26. The first kappa shape index (κ1) is 16.5. The molecule has 0 unspecified atom stereocenters. The number of phenols is 1. The Morgan fingerprint density at radius 1 is 1.41 bits per heavy atom. The standard InChI is InChI=1S/C15H15NO4S2/c1-8-5-10(6-11(17)9(8)2)7-12-14(20)16(15(21)22-12)4-3-13(18)19/h5-7,17H,3-4H2,1-2H3,(H,18,19)/b12-7-. The molecule has 1 aliphatic heterocycles. The summed E-state index contributed by atoms with van der Waals surface area (Å²) < 4.78 is 0.352. The van der Waals surface area contributed by atoms with Crippen molar-refractivity contribution in [2.75, 3.05) is 6.54 Å². The molecule has 1 amide bonds. The number of hydrogen-bond acceptors (Lipinski definition) is 5. The Morgan fingerprint density at radius 3 is 2.68 bits per heavy atom. The van der Waals surface area contributed by atoms with Gasteiger partial charge in [0.2, 0.25) is 0 Å². The molecule has 2 rings (SSSR count). The molecule has 0 atom stereocenters. The van der Waals surface area contributed by atoms with Crippen molar-refractivity contribution >= 4 is 46.3 Å². The third kappa shape index (κ3) is 3.48. The van der Waals surface area contributed by atoms with Gasteiger partial charge in [0.25, 0.3) is 5.91 Å². The van der Waals surface area contributed by atoms with Crippen LogP contribution in [0.4, 0.5) is 0 Å². The highest BCUT2D eigenvalue weighted by atomic mass is 32.2. The Hall–Kier alpha value is -1.86. The molecule has 1 heterocycles. The van der Waals surface area contributed by atoms with Crippen LogP contribution in [0.15, 0.2) is 17.0 Å². The summed E-state index contributed by atoms with van der Waals surface area (Å²) in [5.74, 6) is -1.10. The molecule has 1 aliphatic rings. The van der Waals surface area contributed by atoms with Crippen LogP contribution in [0, 0.1) is 13.8 Å². The number of aliphatic carboxylic acids is 1. The van der Waals surface area contributed by atoms with Gasteiger partial charge in [0.1, 0.15) is 10.1 Å². The van der Waals surface area contributed by atoms with Crippen LogP contribution in [0.2, 0.25) is 0 Å². The predicted molar refractivity (Wildman–Crippen MR) is 89.7 cm³/mol. The summed E-state index contributed by atoms with van der Waals surface area (Å²) >= 11 is 6.26. The molecule has 1 aromatic carbocycles. The van der Waals surface area contributed by atoms with E-state index in [1.807, 2.05) is 19.9 Å². The number of benzene rings is 1. The maximum Gasteiger partial charge on any atom is 0.305 e. The van der Waals surface area contributed by atoms with Gasteiger partial charge < -0.3 is 10.2 Å². The van der Waals surface area contributed by atoms with Crippen LogP contribution in [-0.2, 0) is 9.59 Å². The number of aromatic hydroxyl groups is 1. The average molecular weight is 337 g/mol. The fraction of sp³-hybridized carbons (Fsp3) is 0.267. The third-order valence-corrected chi connectivity index (χ3v) is 4.76. The van der Waals surface area contributed by atoms with Gasteiger partial charge in [-0.25, -0.2) is 0 Å². The van der Waals surface area contributed by atoms with Crippen molar-refractivity contribution in [1.29, 1.82) is 0 Å². The Balaban J connectivity index is 2.25. The van der Waals surface area contributed by atoms with Gasteiger partial charge >= 0.3 is 5.97 Å². The van der Waals surface area contributed by atoms with E-state index in [0.29, 0.717) is 14.8 Å². The second kappa shape index (κ2) is 6.50. The lowest BCUT2D eigenvalue weighted by Gasteiger charge is -2.12. The molecule has 0 saturated carbocycles. The first-order valence-corrected chi connectivity index (χ1v) is 7.79. The smallest absolute Gasteiger partial charge is 0.305 e. The van der Waals surface area contributed by atoms with Gasteiger partial charge in [0.05, 0.1) is 11.3 Å². The van der Waals surface area contributed by atoms with E-state index in [4.69, 9.17) is 17.3 Å². The summed E-state index contributed by atoms with van der Waals surface area (Å²) in [4.78, 5) is 24.6. The molecule has 7 heteroatoms. The van der Waals surface area contributed by atoms with Crippen LogP contribution in [-0.4, -0.2) is 37.9 Å². The highest BCUT2D eigenvalue weighted by Gasteiger charge is 2.32. The average Bonchev–Trinajstić information content (AvgIpc) is 2.68. The molecule has 2 N–H and O–H groups in total. The lowest BCUT2D eigenvalue weighted by molar-refractivity contribution is -0.137. The van der Waals surface area contributed by atoms with Crippen LogP contribution in [0.5, 0.6) is 5.75 Å². The van der Waals surface area contributed by atoms with Gasteiger partial charge in [-0.05, 0) is 42.7 Å². The first-order valence-electron chi connectivity index (χ1n) is 6.57. The normalized spacial score (nSPS) is 16.6. The molecule has 1 fully saturated rings. The molecule has 0 bridgehead atoms. The molecule has 0 aliphatic carbocycles. The largest absolute Gasteiger partial charge is 0.508 e. The van der Waals surface area contributed by atoms with E-state index in [0.717, 1.165) is 22.9 Å². The Labute approximate surface area is 137 Å². The van der Waals surface area contributed by atoms with Crippen LogP contribution >= 0.6 is 24.0 Å². The zero-order valence-corrected chi connectivity index (χ0v) is 13.8. The first-order chi connectivity index (χ1) is 10.3. The molecule has 0 spiro atoms. The Kier molecular flexibility index (Phi) is 4.87. The maximum absolute atomic E-state index is 12.3. The number of phenolic OH excluding ortho intramolecular Hbond substituents is 1. The molecule has 1 saturated heterocycles. The second-order valence-corrected chi connectivity index (χ2v) is 6.63. The Bertz CT molecular complexity index is 674. The molecule has 0 aromatic heterocycles. The van der Waals surface area contributed by atoms with Gasteiger partial charge in [-0.1, -0.05) is 30.0 Å². The zero-order valence-electron chi connectivity index (χ0n) is 12.1. The minimum Gasteiger partial charge on any atom is -0.508 e. The molecule has 116 valence electrons. The van der Waals surface area contributed by atoms with E-state index in [-0.39, 0.29) is 24.6 Å². The van der Waals surface area contributed by atoms with Crippen molar-refractivity contribution in [3.63, 3.8) is 0 Å². The zero-order chi connectivity index (χ0) is 16.4. The SMILES string of the molecule is Cc1cc(/C=C2\SC(=S)N(CCC(=O)O)C2=O)cc(O)c1C. The van der Waals surface area contributed by atoms with Crippen molar-refractivity contribution in [2.45, 2.75) is 20.3 Å². The molecule has 5 nitrogen and oxygen atoms in total. The van der Waals surface area contributed by atoms with Crippen molar-refractivity contribution in [2.24, 2.45) is 0 Å². The van der Waals surface area contributed by atoms with Gasteiger partial charge in [0.15, 0.2) is 0 Å². The lowest BCUT2D eigenvalue weighted by atomic mass is 10.0. The van der Waals surface area contributed by atoms with E-state index in [9.17, 15) is 14.7 Å². The lowest BCUT2D eigenvalue weighted by Crippen LogP contribution is -2.30. The molecular formula is C15H15NO4S2. The van der Waals surface area contributed by atoms with E-state index in [2.05, 4.69) is 0 Å². The van der Waals surface area contributed by atoms with E-state index >= 15 is 0 Å². The summed E-state index contributed by atoms with van der Waals surface area (Å²) in [6.07, 6.45) is 1.51. The summed E-state index contributed by atoms with van der Waals surface area (Å²) in [5, 5.41) is 18.6. The van der Waals surface area contributed by atoms with Gasteiger partial charge in [-0.3, -0.25) is 14.5 Å². The quantitative estimate of drug-likeness (QED) is 0.650. The van der Waals surface area contributed by atoms with Gasteiger partial charge in [-0.2, -0.15) is 0 Å². The number of carboxylic acids is 1. The van der Waals surface area contributed by atoms with Gasteiger partial charge in [0, 0.05) is 6.54 Å². The van der Waals surface area contributed by atoms with Crippen molar-refractivity contribution < 1.29 is 19.8 Å². The number of carboxylic acid groups (broad SMARTS) is 1. The summed E-state index contributed by atoms with van der Waals surface area (Å²) in [5.41, 5.74) is 2.43. The van der Waals surface area contributed by atoms with Crippen LogP contribution < -0.4 is 0 Å². The topological polar surface area (TPSA) is 77.8 Å². The maximum atomic E-state index is 12.3. The minimum atomic E-state index is -0.975. The van der Waals surface area contributed by atoms with Crippen LogP contribution in [0.3, 0.4) is 0 Å². The fourth-order valence-electron chi connectivity index (χ4n) is 2.00.